The third-order valence-corrected chi connectivity index (χ3v) is 2.68. The highest BCUT2D eigenvalue weighted by molar-refractivity contribution is 5.76. The molecule has 0 saturated heterocycles. The zero-order valence-corrected chi connectivity index (χ0v) is 11.4. The smallest absolute Gasteiger partial charge is 0.221 e. The van der Waals surface area contributed by atoms with Crippen LogP contribution in [0.1, 0.15) is 19.2 Å². The van der Waals surface area contributed by atoms with E-state index in [1.165, 1.54) is 0 Å². The summed E-state index contributed by atoms with van der Waals surface area (Å²) in [5.74, 6) is 2.45. The highest BCUT2D eigenvalue weighted by Crippen LogP contribution is 2.15. The van der Waals surface area contributed by atoms with Gasteiger partial charge in [-0.25, -0.2) is 9.97 Å². The van der Waals surface area contributed by atoms with E-state index in [1.807, 2.05) is 32.0 Å². The topological polar surface area (TPSA) is 70.2 Å². The molecular formula is C12H21N5O. The molecule has 0 aliphatic rings. The van der Waals surface area contributed by atoms with Crippen LogP contribution >= 0.6 is 0 Å². The fraction of sp³-hybridized carbons (Fsp3) is 0.583. The van der Waals surface area contributed by atoms with Gasteiger partial charge in [0.1, 0.15) is 17.5 Å². The van der Waals surface area contributed by atoms with Crippen molar-refractivity contribution in [2.45, 2.75) is 19.8 Å². The molecule has 0 saturated carbocycles. The van der Waals surface area contributed by atoms with Crippen LogP contribution in [0, 0.1) is 0 Å². The molecule has 0 bridgehead atoms. The molecule has 0 aliphatic heterocycles. The van der Waals surface area contributed by atoms with E-state index in [0.717, 1.165) is 23.9 Å². The van der Waals surface area contributed by atoms with Crippen molar-refractivity contribution >= 4 is 17.5 Å². The lowest BCUT2D eigenvalue weighted by atomic mass is 10.3. The van der Waals surface area contributed by atoms with Crippen molar-refractivity contribution in [2.75, 3.05) is 37.9 Å². The molecule has 100 valence electrons. The number of aromatic nitrogens is 2. The number of carbonyl (C=O) groups excluding carboxylic acids is 1. The van der Waals surface area contributed by atoms with Gasteiger partial charge in [-0.15, -0.1) is 0 Å². The fourth-order valence-electron chi connectivity index (χ4n) is 1.47. The van der Waals surface area contributed by atoms with Crippen LogP contribution in [0.5, 0.6) is 0 Å². The molecule has 1 aromatic rings. The number of hydrogen-bond donors (Lipinski definition) is 2. The lowest BCUT2D eigenvalue weighted by Crippen LogP contribution is -2.27. The molecule has 0 aliphatic carbocycles. The summed E-state index contributed by atoms with van der Waals surface area (Å²) in [6.07, 6.45) is 1.24. The van der Waals surface area contributed by atoms with E-state index < -0.39 is 0 Å². The van der Waals surface area contributed by atoms with Crippen LogP contribution in [0.25, 0.3) is 0 Å². The Morgan fingerprint density at radius 3 is 2.67 bits per heavy atom. The van der Waals surface area contributed by atoms with Gasteiger partial charge in [0.05, 0.1) is 0 Å². The van der Waals surface area contributed by atoms with Crippen molar-refractivity contribution in [3.8, 4) is 0 Å². The second-order valence-electron chi connectivity index (χ2n) is 3.98. The van der Waals surface area contributed by atoms with Gasteiger partial charge in [0.2, 0.25) is 5.91 Å². The summed E-state index contributed by atoms with van der Waals surface area (Å²) in [4.78, 5) is 21.9. The van der Waals surface area contributed by atoms with Gasteiger partial charge in [0, 0.05) is 46.6 Å². The number of aryl methyl sites for hydroxylation is 1. The minimum Gasteiger partial charge on any atom is -0.373 e. The number of nitrogens with zero attached hydrogens (tertiary/aromatic N) is 3. The van der Waals surface area contributed by atoms with Crippen molar-refractivity contribution in [3.05, 3.63) is 11.9 Å². The van der Waals surface area contributed by atoms with Crippen molar-refractivity contribution in [2.24, 2.45) is 0 Å². The van der Waals surface area contributed by atoms with Gasteiger partial charge in [-0.2, -0.15) is 0 Å². The van der Waals surface area contributed by atoms with E-state index in [0.29, 0.717) is 13.0 Å². The van der Waals surface area contributed by atoms with Crippen LogP contribution in [0.4, 0.5) is 11.6 Å². The predicted octanol–water partition coefficient (Wildman–Crippen LogP) is 0.653. The summed E-state index contributed by atoms with van der Waals surface area (Å²) in [5, 5.41) is 5.62. The zero-order chi connectivity index (χ0) is 13.5. The minimum absolute atomic E-state index is 0.0282. The second-order valence-corrected chi connectivity index (χ2v) is 3.98. The number of nitrogens with one attached hydrogen (secondary N) is 2. The molecule has 0 spiro atoms. The molecule has 2 N–H and O–H groups in total. The number of rotatable bonds is 6. The minimum atomic E-state index is 0.0282. The molecule has 1 rings (SSSR count). The first-order chi connectivity index (χ1) is 8.60. The molecule has 6 nitrogen and oxygen atoms in total. The molecule has 6 heteroatoms. The quantitative estimate of drug-likeness (QED) is 0.777. The van der Waals surface area contributed by atoms with Crippen molar-refractivity contribution in [1.82, 2.24) is 15.3 Å². The van der Waals surface area contributed by atoms with E-state index in [-0.39, 0.29) is 5.91 Å². The van der Waals surface area contributed by atoms with Gasteiger partial charge in [0.25, 0.3) is 0 Å². The molecule has 0 unspecified atom stereocenters. The normalized spacial score (nSPS) is 10.0. The summed E-state index contributed by atoms with van der Waals surface area (Å²) in [6, 6.07) is 1.88. The molecule has 1 heterocycles. The first-order valence-corrected chi connectivity index (χ1v) is 6.08. The third kappa shape index (κ3) is 3.87. The van der Waals surface area contributed by atoms with Crippen LogP contribution in [-0.4, -0.2) is 43.6 Å². The first-order valence-electron chi connectivity index (χ1n) is 6.08. The maximum Gasteiger partial charge on any atom is 0.221 e. The largest absolute Gasteiger partial charge is 0.373 e. The highest BCUT2D eigenvalue weighted by Gasteiger charge is 2.08. The van der Waals surface area contributed by atoms with Gasteiger partial charge >= 0.3 is 0 Å². The summed E-state index contributed by atoms with van der Waals surface area (Å²) in [6.45, 7) is 2.64. The lowest BCUT2D eigenvalue weighted by Gasteiger charge is -2.19. The van der Waals surface area contributed by atoms with Gasteiger partial charge in [0.15, 0.2) is 0 Å². The fourth-order valence-corrected chi connectivity index (χ4v) is 1.47. The van der Waals surface area contributed by atoms with Crippen molar-refractivity contribution < 1.29 is 4.79 Å². The van der Waals surface area contributed by atoms with Crippen LogP contribution < -0.4 is 15.5 Å². The molecule has 0 aromatic carbocycles. The van der Waals surface area contributed by atoms with E-state index in [9.17, 15) is 4.79 Å². The molecule has 1 amide bonds. The predicted molar refractivity (Wildman–Crippen MR) is 72.9 cm³/mol. The molecule has 0 fully saturated rings. The van der Waals surface area contributed by atoms with E-state index >= 15 is 0 Å². The van der Waals surface area contributed by atoms with Crippen molar-refractivity contribution in [3.63, 3.8) is 0 Å². The Balaban J connectivity index is 2.77. The average molecular weight is 251 g/mol. The van der Waals surface area contributed by atoms with Gasteiger partial charge in [-0.3, -0.25) is 4.79 Å². The zero-order valence-electron chi connectivity index (χ0n) is 11.4. The number of hydrogen-bond acceptors (Lipinski definition) is 5. The van der Waals surface area contributed by atoms with E-state index in [2.05, 4.69) is 20.6 Å². The number of anilines is 2. The Morgan fingerprint density at radius 1 is 1.39 bits per heavy atom. The Labute approximate surface area is 108 Å². The Kier molecular flexibility index (Phi) is 5.35. The maximum absolute atomic E-state index is 11.2. The monoisotopic (exact) mass is 251 g/mol. The SMILES string of the molecule is CCc1nc(NC)cc(N(C)CCC(=O)NC)n1. The van der Waals surface area contributed by atoms with Gasteiger partial charge in [-0.1, -0.05) is 6.92 Å². The van der Waals surface area contributed by atoms with Crippen LogP contribution in [0.15, 0.2) is 6.07 Å². The summed E-state index contributed by atoms with van der Waals surface area (Å²) < 4.78 is 0. The Hall–Kier alpha value is -1.85. The second kappa shape index (κ2) is 6.78. The molecule has 0 atom stereocenters. The maximum atomic E-state index is 11.2. The molecule has 0 radical (unpaired) electrons. The number of carbonyl (C=O) groups is 1. The molecule has 1 aromatic heterocycles. The lowest BCUT2D eigenvalue weighted by molar-refractivity contribution is -0.120. The summed E-state index contributed by atoms with van der Waals surface area (Å²) in [7, 11) is 5.39. The Morgan fingerprint density at radius 2 is 2.11 bits per heavy atom. The highest BCUT2D eigenvalue weighted by atomic mass is 16.1. The van der Waals surface area contributed by atoms with Crippen LogP contribution in [-0.2, 0) is 11.2 Å². The van der Waals surface area contributed by atoms with Crippen LogP contribution in [0.2, 0.25) is 0 Å². The standard InChI is InChI=1S/C12H21N5O/c1-5-9-15-10(13-2)8-11(16-9)17(4)7-6-12(18)14-3/h8H,5-7H2,1-4H3,(H,14,18)(H,13,15,16). The Bertz CT molecular complexity index is 385. The van der Waals surface area contributed by atoms with Gasteiger partial charge < -0.3 is 15.5 Å². The molecular weight excluding hydrogens is 230 g/mol. The number of amides is 1. The summed E-state index contributed by atoms with van der Waals surface area (Å²) in [5.41, 5.74) is 0. The third-order valence-electron chi connectivity index (χ3n) is 2.68. The molecule has 18 heavy (non-hydrogen) atoms. The van der Waals surface area contributed by atoms with Gasteiger partial charge in [-0.05, 0) is 0 Å². The van der Waals surface area contributed by atoms with E-state index in [4.69, 9.17) is 0 Å². The first kappa shape index (κ1) is 14.2. The van der Waals surface area contributed by atoms with Crippen LogP contribution in [0.3, 0.4) is 0 Å². The van der Waals surface area contributed by atoms with E-state index in [1.54, 1.807) is 7.05 Å². The average Bonchev–Trinajstić information content (AvgIpc) is 2.43. The summed E-state index contributed by atoms with van der Waals surface area (Å²) >= 11 is 0. The van der Waals surface area contributed by atoms with Crippen molar-refractivity contribution in [1.29, 1.82) is 0 Å².